The SMILES string of the molecule is CCC/C=C1\CC2CCC1C2. The minimum Gasteiger partial charge on any atom is -0.0851 e. The molecule has 11 heavy (non-hydrogen) atoms. The van der Waals surface area contributed by atoms with Crippen LogP contribution < -0.4 is 0 Å². The van der Waals surface area contributed by atoms with Crippen LogP contribution in [0.5, 0.6) is 0 Å². The molecule has 0 nitrogen and oxygen atoms in total. The van der Waals surface area contributed by atoms with E-state index >= 15 is 0 Å². The predicted molar refractivity (Wildman–Crippen MR) is 48.4 cm³/mol. The van der Waals surface area contributed by atoms with E-state index in [9.17, 15) is 0 Å². The fourth-order valence-electron chi connectivity index (χ4n) is 2.68. The molecule has 2 bridgehead atoms. The fraction of sp³-hybridized carbons (Fsp3) is 0.818. The van der Waals surface area contributed by atoms with Gasteiger partial charge < -0.3 is 0 Å². The van der Waals surface area contributed by atoms with Gasteiger partial charge in [-0.1, -0.05) is 25.0 Å². The Labute approximate surface area is 69.7 Å². The topological polar surface area (TPSA) is 0 Å². The number of hydrogen-bond acceptors (Lipinski definition) is 0. The Morgan fingerprint density at radius 3 is 2.91 bits per heavy atom. The molecule has 2 unspecified atom stereocenters. The van der Waals surface area contributed by atoms with Crippen molar-refractivity contribution in [2.24, 2.45) is 11.8 Å². The van der Waals surface area contributed by atoms with Gasteiger partial charge in [-0.25, -0.2) is 0 Å². The van der Waals surface area contributed by atoms with E-state index in [1.165, 1.54) is 38.5 Å². The zero-order valence-electron chi connectivity index (χ0n) is 7.47. The summed E-state index contributed by atoms with van der Waals surface area (Å²) in [6.45, 7) is 2.27. The van der Waals surface area contributed by atoms with E-state index in [1.807, 2.05) is 5.57 Å². The molecule has 2 saturated carbocycles. The summed E-state index contributed by atoms with van der Waals surface area (Å²) in [5.41, 5.74) is 1.81. The maximum atomic E-state index is 2.52. The van der Waals surface area contributed by atoms with Crippen LogP contribution in [-0.2, 0) is 0 Å². The minimum atomic E-state index is 1.02. The zero-order valence-corrected chi connectivity index (χ0v) is 7.47. The normalized spacial score (nSPS) is 38.8. The summed E-state index contributed by atoms with van der Waals surface area (Å²) in [6, 6.07) is 0. The second-order valence-electron chi connectivity index (χ2n) is 4.15. The average Bonchev–Trinajstić information content (AvgIpc) is 2.60. The van der Waals surface area contributed by atoms with E-state index in [0.29, 0.717) is 0 Å². The highest BCUT2D eigenvalue weighted by Crippen LogP contribution is 2.47. The van der Waals surface area contributed by atoms with Gasteiger partial charge in [-0.05, 0) is 43.9 Å². The number of rotatable bonds is 2. The molecule has 0 amide bonds. The molecule has 2 aliphatic rings. The van der Waals surface area contributed by atoms with Gasteiger partial charge in [-0.15, -0.1) is 0 Å². The average molecular weight is 150 g/mol. The van der Waals surface area contributed by atoms with Crippen molar-refractivity contribution in [2.45, 2.75) is 45.4 Å². The van der Waals surface area contributed by atoms with E-state index in [1.54, 1.807) is 0 Å². The molecule has 0 aromatic rings. The minimum absolute atomic E-state index is 1.02. The summed E-state index contributed by atoms with van der Waals surface area (Å²) >= 11 is 0. The molecule has 0 radical (unpaired) electrons. The lowest BCUT2D eigenvalue weighted by Gasteiger charge is -2.12. The second-order valence-corrected chi connectivity index (χ2v) is 4.15. The van der Waals surface area contributed by atoms with Gasteiger partial charge in [0.25, 0.3) is 0 Å². The first-order valence-corrected chi connectivity index (χ1v) is 5.09. The van der Waals surface area contributed by atoms with Gasteiger partial charge >= 0.3 is 0 Å². The van der Waals surface area contributed by atoms with Crippen LogP contribution in [0.1, 0.15) is 45.4 Å². The molecule has 0 heteroatoms. The third-order valence-corrected chi connectivity index (χ3v) is 3.29. The first-order chi connectivity index (χ1) is 5.40. The van der Waals surface area contributed by atoms with Gasteiger partial charge in [-0.2, -0.15) is 0 Å². The van der Waals surface area contributed by atoms with Crippen LogP contribution in [0.15, 0.2) is 11.6 Å². The lowest BCUT2D eigenvalue weighted by atomic mass is 9.94. The first-order valence-electron chi connectivity index (χ1n) is 5.09. The molecule has 0 saturated heterocycles. The molecule has 2 fully saturated rings. The highest BCUT2D eigenvalue weighted by Gasteiger charge is 2.34. The summed E-state index contributed by atoms with van der Waals surface area (Å²) < 4.78 is 0. The molecular formula is C11H18. The Morgan fingerprint density at radius 2 is 2.36 bits per heavy atom. The largest absolute Gasteiger partial charge is 0.0851 e. The molecular weight excluding hydrogens is 132 g/mol. The second kappa shape index (κ2) is 3.00. The molecule has 0 heterocycles. The Hall–Kier alpha value is -0.260. The van der Waals surface area contributed by atoms with Crippen LogP contribution >= 0.6 is 0 Å². The molecule has 0 aliphatic heterocycles. The lowest BCUT2D eigenvalue weighted by Crippen LogP contribution is -1.97. The highest BCUT2D eigenvalue weighted by atomic mass is 14.4. The fourth-order valence-corrected chi connectivity index (χ4v) is 2.68. The first kappa shape index (κ1) is 7.39. The van der Waals surface area contributed by atoms with Crippen LogP contribution in [0, 0.1) is 11.8 Å². The van der Waals surface area contributed by atoms with Gasteiger partial charge in [0.05, 0.1) is 0 Å². The Kier molecular flexibility index (Phi) is 2.02. The smallest absolute Gasteiger partial charge is 0.0200 e. The molecule has 0 N–H and O–H groups in total. The predicted octanol–water partition coefficient (Wildman–Crippen LogP) is 3.53. The van der Waals surface area contributed by atoms with Crippen LogP contribution in [0.4, 0.5) is 0 Å². The quantitative estimate of drug-likeness (QED) is 0.528. The summed E-state index contributed by atoms with van der Waals surface area (Å²) in [7, 11) is 0. The highest BCUT2D eigenvalue weighted by molar-refractivity contribution is 5.16. The van der Waals surface area contributed by atoms with Gasteiger partial charge in [0.1, 0.15) is 0 Å². The molecule has 0 aromatic carbocycles. The van der Waals surface area contributed by atoms with Crippen LogP contribution in [0.25, 0.3) is 0 Å². The van der Waals surface area contributed by atoms with Crippen molar-refractivity contribution in [3.05, 3.63) is 11.6 Å². The van der Waals surface area contributed by atoms with Crippen molar-refractivity contribution in [3.8, 4) is 0 Å². The third-order valence-electron chi connectivity index (χ3n) is 3.29. The summed E-state index contributed by atoms with van der Waals surface area (Å²) in [5.74, 6) is 2.11. The van der Waals surface area contributed by atoms with Crippen molar-refractivity contribution in [1.29, 1.82) is 0 Å². The summed E-state index contributed by atoms with van der Waals surface area (Å²) in [5, 5.41) is 0. The zero-order chi connectivity index (χ0) is 7.68. The molecule has 0 spiro atoms. The van der Waals surface area contributed by atoms with E-state index in [-0.39, 0.29) is 0 Å². The molecule has 0 aromatic heterocycles. The van der Waals surface area contributed by atoms with Gasteiger partial charge in [0.2, 0.25) is 0 Å². The Balaban J connectivity index is 1.96. The van der Waals surface area contributed by atoms with Gasteiger partial charge in [0, 0.05) is 0 Å². The third kappa shape index (κ3) is 1.36. The van der Waals surface area contributed by atoms with Gasteiger partial charge in [-0.3, -0.25) is 0 Å². The molecule has 2 aliphatic carbocycles. The Morgan fingerprint density at radius 1 is 1.45 bits per heavy atom. The van der Waals surface area contributed by atoms with E-state index in [2.05, 4.69) is 13.0 Å². The number of allylic oxidation sites excluding steroid dienone is 2. The van der Waals surface area contributed by atoms with Crippen molar-refractivity contribution in [3.63, 3.8) is 0 Å². The molecule has 2 rings (SSSR count). The monoisotopic (exact) mass is 150 g/mol. The van der Waals surface area contributed by atoms with Gasteiger partial charge in [0.15, 0.2) is 0 Å². The van der Waals surface area contributed by atoms with E-state index < -0.39 is 0 Å². The van der Waals surface area contributed by atoms with Crippen LogP contribution in [-0.4, -0.2) is 0 Å². The maximum absolute atomic E-state index is 2.52. The number of fused-ring (bicyclic) bond motifs is 2. The van der Waals surface area contributed by atoms with E-state index in [0.717, 1.165) is 11.8 Å². The Bertz CT molecular complexity index is 167. The lowest BCUT2D eigenvalue weighted by molar-refractivity contribution is 0.559. The van der Waals surface area contributed by atoms with Crippen molar-refractivity contribution in [2.75, 3.05) is 0 Å². The van der Waals surface area contributed by atoms with Crippen molar-refractivity contribution in [1.82, 2.24) is 0 Å². The molecule has 62 valence electrons. The standard InChI is InChI=1S/C11H18/c1-2-3-4-10-7-9-5-6-11(10)8-9/h4,9,11H,2-3,5-8H2,1H3/b10-4+. The van der Waals surface area contributed by atoms with E-state index in [4.69, 9.17) is 0 Å². The number of hydrogen-bond donors (Lipinski definition) is 0. The van der Waals surface area contributed by atoms with Crippen molar-refractivity contribution < 1.29 is 0 Å². The van der Waals surface area contributed by atoms with Crippen molar-refractivity contribution >= 4 is 0 Å². The number of unbranched alkanes of at least 4 members (excludes halogenated alkanes) is 1. The maximum Gasteiger partial charge on any atom is -0.0200 e. The van der Waals surface area contributed by atoms with Crippen LogP contribution in [0.3, 0.4) is 0 Å². The van der Waals surface area contributed by atoms with Crippen LogP contribution in [0.2, 0.25) is 0 Å². The molecule has 2 atom stereocenters. The summed E-state index contributed by atoms with van der Waals surface area (Å²) in [4.78, 5) is 0. The summed E-state index contributed by atoms with van der Waals surface area (Å²) in [6.07, 6.45) is 11.2.